The first-order valence-corrected chi connectivity index (χ1v) is 7.40. The van der Waals surface area contributed by atoms with E-state index >= 15 is 0 Å². The first-order chi connectivity index (χ1) is 8.18. The van der Waals surface area contributed by atoms with Crippen molar-refractivity contribution in [1.29, 1.82) is 0 Å². The molecule has 0 heterocycles. The molecule has 100 valence electrons. The third-order valence-electron chi connectivity index (χ3n) is 4.14. The topological polar surface area (TPSA) is 37.3 Å². The zero-order valence-corrected chi connectivity index (χ0v) is 11.3. The Kier molecular flexibility index (Phi) is 7.30. The maximum Gasteiger partial charge on any atom is 0.303 e. The third kappa shape index (κ3) is 7.40. The lowest BCUT2D eigenvalue weighted by Gasteiger charge is -2.11. The Balaban J connectivity index is 1.87. The number of rotatable bonds is 9. The fourth-order valence-electron chi connectivity index (χ4n) is 2.92. The number of aliphatic carboxylic acids is 1. The second kappa shape index (κ2) is 8.54. The minimum atomic E-state index is -0.655. The van der Waals surface area contributed by atoms with E-state index in [1.165, 1.54) is 57.8 Å². The minimum Gasteiger partial charge on any atom is -0.481 e. The van der Waals surface area contributed by atoms with Gasteiger partial charge in [0, 0.05) is 6.42 Å². The molecule has 1 fully saturated rings. The van der Waals surface area contributed by atoms with E-state index in [1.807, 2.05) is 0 Å². The van der Waals surface area contributed by atoms with E-state index in [0.717, 1.165) is 12.3 Å². The summed E-state index contributed by atoms with van der Waals surface area (Å²) in [5, 5.41) is 8.59. The average molecular weight is 240 g/mol. The fraction of sp³-hybridized carbons (Fsp3) is 0.933. The molecule has 0 saturated heterocycles. The number of carboxylic acid groups (broad SMARTS) is 1. The molecule has 0 aromatic carbocycles. The molecule has 1 saturated carbocycles. The van der Waals surface area contributed by atoms with Crippen LogP contribution in [0.1, 0.15) is 77.6 Å². The molecule has 0 aromatic rings. The largest absolute Gasteiger partial charge is 0.481 e. The number of unbranched alkanes of at least 4 members (excludes halogenated alkanes) is 2. The van der Waals surface area contributed by atoms with Crippen molar-refractivity contribution in [2.75, 3.05) is 0 Å². The first kappa shape index (κ1) is 14.5. The van der Waals surface area contributed by atoms with Gasteiger partial charge in [-0.15, -0.1) is 0 Å². The van der Waals surface area contributed by atoms with Crippen LogP contribution in [0.15, 0.2) is 0 Å². The summed E-state index contributed by atoms with van der Waals surface area (Å²) in [7, 11) is 0. The minimum absolute atomic E-state index is 0.337. The Morgan fingerprint density at radius 3 is 2.53 bits per heavy atom. The summed E-state index contributed by atoms with van der Waals surface area (Å²) < 4.78 is 0. The molecule has 1 N–H and O–H groups in total. The molecule has 0 radical (unpaired) electrons. The van der Waals surface area contributed by atoms with Crippen molar-refractivity contribution in [1.82, 2.24) is 0 Å². The lowest BCUT2D eigenvalue weighted by molar-refractivity contribution is -0.137. The highest BCUT2D eigenvalue weighted by Gasteiger charge is 2.14. The Morgan fingerprint density at radius 1 is 1.18 bits per heavy atom. The molecule has 1 unspecified atom stereocenters. The van der Waals surface area contributed by atoms with E-state index in [2.05, 4.69) is 6.92 Å². The van der Waals surface area contributed by atoms with Gasteiger partial charge in [0.1, 0.15) is 0 Å². The van der Waals surface area contributed by atoms with Crippen LogP contribution in [0, 0.1) is 11.8 Å². The SMILES string of the molecule is CC(CCCCCC1CCCC1)CCC(=O)O. The number of hydrogen-bond donors (Lipinski definition) is 1. The lowest BCUT2D eigenvalue weighted by atomic mass is 9.95. The van der Waals surface area contributed by atoms with Crippen LogP contribution in [-0.4, -0.2) is 11.1 Å². The van der Waals surface area contributed by atoms with Gasteiger partial charge in [-0.1, -0.05) is 64.7 Å². The van der Waals surface area contributed by atoms with Crippen molar-refractivity contribution >= 4 is 5.97 Å². The van der Waals surface area contributed by atoms with Crippen molar-refractivity contribution in [2.24, 2.45) is 11.8 Å². The molecule has 0 amide bonds. The predicted octanol–water partition coefficient (Wildman–Crippen LogP) is 4.63. The van der Waals surface area contributed by atoms with E-state index in [9.17, 15) is 4.79 Å². The molecule has 0 spiro atoms. The van der Waals surface area contributed by atoms with Gasteiger partial charge in [0.05, 0.1) is 0 Å². The summed E-state index contributed by atoms with van der Waals surface area (Å²) in [4.78, 5) is 10.4. The molecular weight excluding hydrogens is 212 g/mol. The predicted molar refractivity (Wildman–Crippen MR) is 71.1 cm³/mol. The number of carbonyl (C=O) groups is 1. The van der Waals surface area contributed by atoms with E-state index in [-0.39, 0.29) is 0 Å². The Morgan fingerprint density at radius 2 is 1.88 bits per heavy atom. The van der Waals surface area contributed by atoms with Gasteiger partial charge in [-0.25, -0.2) is 0 Å². The number of carboxylic acids is 1. The molecule has 1 aliphatic rings. The molecule has 17 heavy (non-hydrogen) atoms. The Hall–Kier alpha value is -0.530. The highest BCUT2D eigenvalue weighted by molar-refractivity contribution is 5.66. The summed E-state index contributed by atoms with van der Waals surface area (Å²) in [5.74, 6) is 0.954. The second-order valence-corrected chi connectivity index (χ2v) is 5.83. The van der Waals surface area contributed by atoms with Crippen LogP contribution in [0.2, 0.25) is 0 Å². The van der Waals surface area contributed by atoms with Crippen molar-refractivity contribution in [3.8, 4) is 0 Å². The van der Waals surface area contributed by atoms with Gasteiger partial charge in [0.15, 0.2) is 0 Å². The maximum absolute atomic E-state index is 10.4. The number of hydrogen-bond acceptors (Lipinski definition) is 1. The van der Waals surface area contributed by atoms with Crippen LogP contribution in [0.3, 0.4) is 0 Å². The van der Waals surface area contributed by atoms with Gasteiger partial charge < -0.3 is 5.11 Å². The summed E-state index contributed by atoms with van der Waals surface area (Å²) in [6, 6.07) is 0. The molecule has 2 nitrogen and oxygen atoms in total. The van der Waals surface area contributed by atoms with E-state index < -0.39 is 5.97 Å². The summed E-state index contributed by atoms with van der Waals surface area (Å²) >= 11 is 0. The Labute approximate surface area is 106 Å². The van der Waals surface area contributed by atoms with Gasteiger partial charge in [-0.05, 0) is 18.3 Å². The molecule has 2 heteroatoms. The molecule has 0 aliphatic heterocycles. The lowest BCUT2D eigenvalue weighted by Crippen LogP contribution is -2.01. The van der Waals surface area contributed by atoms with E-state index in [0.29, 0.717) is 12.3 Å². The third-order valence-corrected chi connectivity index (χ3v) is 4.14. The van der Waals surface area contributed by atoms with Gasteiger partial charge in [-0.3, -0.25) is 4.79 Å². The van der Waals surface area contributed by atoms with Crippen LogP contribution in [-0.2, 0) is 4.79 Å². The highest BCUT2D eigenvalue weighted by Crippen LogP contribution is 2.29. The molecule has 1 atom stereocenters. The van der Waals surface area contributed by atoms with Gasteiger partial charge >= 0.3 is 5.97 Å². The van der Waals surface area contributed by atoms with Gasteiger partial charge in [0.25, 0.3) is 0 Å². The van der Waals surface area contributed by atoms with Crippen molar-refractivity contribution in [2.45, 2.75) is 77.6 Å². The standard InChI is InChI=1S/C15H28O2/c1-13(11-12-15(16)17)7-3-2-4-8-14-9-5-6-10-14/h13-14H,2-12H2,1H3,(H,16,17). The van der Waals surface area contributed by atoms with E-state index in [4.69, 9.17) is 5.11 Å². The zero-order valence-electron chi connectivity index (χ0n) is 11.3. The van der Waals surface area contributed by atoms with Crippen LogP contribution in [0.25, 0.3) is 0 Å². The van der Waals surface area contributed by atoms with Crippen LogP contribution < -0.4 is 0 Å². The summed E-state index contributed by atoms with van der Waals surface area (Å²) in [6.45, 7) is 2.18. The van der Waals surface area contributed by atoms with E-state index in [1.54, 1.807) is 0 Å². The second-order valence-electron chi connectivity index (χ2n) is 5.83. The molecule has 1 aliphatic carbocycles. The van der Waals surface area contributed by atoms with Crippen molar-refractivity contribution in [3.05, 3.63) is 0 Å². The quantitative estimate of drug-likeness (QED) is 0.597. The van der Waals surface area contributed by atoms with Gasteiger partial charge in [0.2, 0.25) is 0 Å². The smallest absolute Gasteiger partial charge is 0.303 e. The molecule has 0 bridgehead atoms. The zero-order chi connectivity index (χ0) is 12.5. The molecular formula is C15H28O2. The van der Waals surface area contributed by atoms with Gasteiger partial charge in [-0.2, -0.15) is 0 Å². The molecule has 1 rings (SSSR count). The highest BCUT2D eigenvalue weighted by atomic mass is 16.4. The maximum atomic E-state index is 10.4. The summed E-state index contributed by atoms with van der Waals surface area (Å²) in [5.41, 5.74) is 0. The van der Waals surface area contributed by atoms with Crippen LogP contribution in [0.4, 0.5) is 0 Å². The van der Waals surface area contributed by atoms with Crippen LogP contribution in [0.5, 0.6) is 0 Å². The fourth-order valence-corrected chi connectivity index (χ4v) is 2.92. The summed E-state index contributed by atoms with van der Waals surface area (Å²) in [6.07, 6.45) is 13.7. The average Bonchev–Trinajstić information content (AvgIpc) is 2.79. The van der Waals surface area contributed by atoms with Crippen LogP contribution >= 0.6 is 0 Å². The normalized spacial score (nSPS) is 18.4. The van der Waals surface area contributed by atoms with Crippen molar-refractivity contribution in [3.63, 3.8) is 0 Å². The Bertz CT molecular complexity index is 207. The molecule has 0 aromatic heterocycles. The first-order valence-electron chi connectivity index (χ1n) is 7.40. The monoisotopic (exact) mass is 240 g/mol. The van der Waals surface area contributed by atoms with Crippen molar-refractivity contribution < 1.29 is 9.90 Å².